The van der Waals surface area contributed by atoms with Crippen molar-refractivity contribution in [2.45, 2.75) is 26.4 Å². The fourth-order valence-corrected chi connectivity index (χ4v) is 3.07. The van der Waals surface area contributed by atoms with Gasteiger partial charge in [0.25, 0.3) is 0 Å². The van der Waals surface area contributed by atoms with E-state index in [1.54, 1.807) is 0 Å². The Hall–Kier alpha value is -1.58. The van der Waals surface area contributed by atoms with Gasteiger partial charge in [0, 0.05) is 21.2 Å². The molecule has 0 aliphatic heterocycles. The third-order valence-corrected chi connectivity index (χ3v) is 4.43. The number of aryl methyl sites for hydroxylation is 1. The van der Waals surface area contributed by atoms with Crippen molar-refractivity contribution in [3.63, 3.8) is 0 Å². The van der Waals surface area contributed by atoms with Crippen molar-refractivity contribution in [3.8, 4) is 0 Å². The summed E-state index contributed by atoms with van der Waals surface area (Å²) in [5.41, 5.74) is 0.957. The monoisotopic (exact) mass is 271 g/mol. The molecule has 0 fully saturated rings. The topological polar surface area (TPSA) is 25.2 Å². The van der Waals surface area contributed by atoms with Crippen molar-refractivity contribution in [2.24, 2.45) is 0 Å². The van der Waals surface area contributed by atoms with E-state index in [0.717, 1.165) is 17.9 Å². The molecule has 3 rings (SSSR count). The van der Waals surface area contributed by atoms with E-state index in [9.17, 15) is 0 Å². The van der Waals surface area contributed by atoms with Crippen LogP contribution in [0, 0.1) is 6.92 Å². The maximum Gasteiger partial charge on any atom is 0.134 e. The lowest BCUT2D eigenvalue weighted by molar-refractivity contribution is 0.485. The third-order valence-electron chi connectivity index (χ3n) is 3.25. The van der Waals surface area contributed by atoms with Crippen molar-refractivity contribution in [2.75, 3.05) is 0 Å². The summed E-state index contributed by atoms with van der Waals surface area (Å²) in [6.45, 7) is 5.08. The van der Waals surface area contributed by atoms with Gasteiger partial charge < -0.3 is 9.73 Å². The highest BCUT2D eigenvalue weighted by molar-refractivity contribution is 7.12. The molecule has 0 bridgehead atoms. The van der Waals surface area contributed by atoms with Gasteiger partial charge in [-0.15, -0.1) is 11.3 Å². The second-order valence-corrected chi connectivity index (χ2v) is 6.12. The number of para-hydroxylation sites is 1. The van der Waals surface area contributed by atoms with Gasteiger partial charge in [-0.25, -0.2) is 0 Å². The Bertz CT molecular complexity index is 650. The van der Waals surface area contributed by atoms with Crippen LogP contribution in [0.4, 0.5) is 0 Å². The molecule has 3 aromatic rings. The zero-order valence-corrected chi connectivity index (χ0v) is 12.0. The highest BCUT2D eigenvalue weighted by Crippen LogP contribution is 2.23. The van der Waals surface area contributed by atoms with Gasteiger partial charge in [0.1, 0.15) is 11.3 Å². The summed E-state index contributed by atoms with van der Waals surface area (Å²) in [5, 5.41) is 4.67. The number of benzene rings is 1. The Balaban J connectivity index is 1.68. The molecule has 2 aromatic heterocycles. The molecular formula is C16H17NOS. The Labute approximate surface area is 117 Å². The van der Waals surface area contributed by atoms with Crippen LogP contribution < -0.4 is 5.32 Å². The van der Waals surface area contributed by atoms with Crippen LogP contribution in [0.2, 0.25) is 0 Å². The summed E-state index contributed by atoms with van der Waals surface area (Å²) in [4.78, 5) is 2.72. The minimum absolute atomic E-state index is 0.354. The predicted molar refractivity (Wildman–Crippen MR) is 80.5 cm³/mol. The summed E-state index contributed by atoms with van der Waals surface area (Å²) < 4.78 is 5.80. The Kier molecular flexibility index (Phi) is 3.40. The molecule has 0 saturated heterocycles. The molecule has 3 heteroatoms. The average molecular weight is 271 g/mol. The van der Waals surface area contributed by atoms with Gasteiger partial charge in [-0.3, -0.25) is 0 Å². The fraction of sp³-hybridized carbons (Fsp3) is 0.250. The number of hydrogen-bond acceptors (Lipinski definition) is 3. The Morgan fingerprint density at radius 1 is 1.21 bits per heavy atom. The molecule has 1 atom stereocenters. The number of furan rings is 1. The first-order valence-electron chi connectivity index (χ1n) is 6.49. The van der Waals surface area contributed by atoms with E-state index in [1.165, 1.54) is 15.1 Å². The number of fused-ring (bicyclic) bond motifs is 1. The predicted octanol–water partition coefficient (Wildman–Crippen LogP) is 4.65. The minimum Gasteiger partial charge on any atom is -0.460 e. The van der Waals surface area contributed by atoms with Gasteiger partial charge >= 0.3 is 0 Å². The van der Waals surface area contributed by atoms with Crippen molar-refractivity contribution in [3.05, 3.63) is 58.0 Å². The maximum absolute atomic E-state index is 5.80. The van der Waals surface area contributed by atoms with Gasteiger partial charge in [-0.05, 0) is 38.1 Å². The Morgan fingerprint density at radius 2 is 2.05 bits per heavy atom. The molecule has 1 aromatic carbocycles. The van der Waals surface area contributed by atoms with E-state index in [0.29, 0.717) is 6.04 Å². The van der Waals surface area contributed by atoms with Crippen LogP contribution in [0.1, 0.15) is 28.5 Å². The minimum atomic E-state index is 0.354. The van der Waals surface area contributed by atoms with Gasteiger partial charge in [0.05, 0.1) is 6.54 Å². The summed E-state index contributed by atoms with van der Waals surface area (Å²) in [7, 11) is 0. The molecule has 0 spiro atoms. The van der Waals surface area contributed by atoms with E-state index < -0.39 is 0 Å². The number of hydrogen-bond donors (Lipinski definition) is 1. The fourth-order valence-electron chi connectivity index (χ4n) is 2.16. The summed E-state index contributed by atoms with van der Waals surface area (Å²) in [6.07, 6.45) is 0. The smallest absolute Gasteiger partial charge is 0.134 e. The summed E-state index contributed by atoms with van der Waals surface area (Å²) in [5.74, 6) is 0.987. The first-order valence-corrected chi connectivity index (χ1v) is 7.31. The number of thiophene rings is 1. The molecule has 0 aliphatic carbocycles. The molecule has 2 nitrogen and oxygen atoms in total. The highest BCUT2D eigenvalue weighted by atomic mass is 32.1. The molecule has 2 heterocycles. The second-order valence-electron chi connectivity index (χ2n) is 4.80. The molecule has 0 amide bonds. The van der Waals surface area contributed by atoms with Crippen LogP contribution in [0.3, 0.4) is 0 Å². The summed E-state index contributed by atoms with van der Waals surface area (Å²) in [6, 6.07) is 14.9. The summed E-state index contributed by atoms with van der Waals surface area (Å²) >= 11 is 1.84. The lowest BCUT2D eigenvalue weighted by Gasteiger charge is -2.10. The first kappa shape index (κ1) is 12.5. The first-order chi connectivity index (χ1) is 9.22. The molecule has 1 unspecified atom stereocenters. The van der Waals surface area contributed by atoms with E-state index in [2.05, 4.69) is 43.4 Å². The molecule has 19 heavy (non-hydrogen) atoms. The van der Waals surface area contributed by atoms with Crippen LogP contribution in [0.15, 0.2) is 46.9 Å². The van der Waals surface area contributed by atoms with E-state index in [4.69, 9.17) is 4.42 Å². The zero-order valence-electron chi connectivity index (χ0n) is 11.1. The van der Waals surface area contributed by atoms with E-state index >= 15 is 0 Å². The average Bonchev–Trinajstić information content (AvgIpc) is 3.01. The molecule has 0 radical (unpaired) electrons. The van der Waals surface area contributed by atoms with Crippen molar-refractivity contribution in [1.29, 1.82) is 0 Å². The van der Waals surface area contributed by atoms with Crippen LogP contribution in [0.25, 0.3) is 11.0 Å². The van der Waals surface area contributed by atoms with Crippen LogP contribution >= 0.6 is 11.3 Å². The molecule has 98 valence electrons. The van der Waals surface area contributed by atoms with Crippen LogP contribution in [-0.2, 0) is 6.54 Å². The van der Waals surface area contributed by atoms with Crippen molar-refractivity contribution >= 4 is 22.3 Å². The van der Waals surface area contributed by atoms with Gasteiger partial charge in [0.2, 0.25) is 0 Å². The highest BCUT2D eigenvalue weighted by Gasteiger charge is 2.09. The molecule has 1 N–H and O–H groups in total. The zero-order chi connectivity index (χ0) is 13.2. The molecular weight excluding hydrogens is 254 g/mol. The Morgan fingerprint density at radius 3 is 2.79 bits per heavy atom. The van der Waals surface area contributed by atoms with Gasteiger partial charge in [-0.2, -0.15) is 0 Å². The van der Waals surface area contributed by atoms with Crippen molar-refractivity contribution in [1.82, 2.24) is 5.32 Å². The van der Waals surface area contributed by atoms with Gasteiger partial charge in [-0.1, -0.05) is 18.2 Å². The van der Waals surface area contributed by atoms with Crippen LogP contribution in [-0.4, -0.2) is 0 Å². The van der Waals surface area contributed by atoms with E-state index in [-0.39, 0.29) is 0 Å². The lowest BCUT2D eigenvalue weighted by atomic mass is 10.2. The molecule has 0 aliphatic rings. The molecule has 0 saturated carbocycles. The number of rotatable bonds is 4. The van der Waals surface area contributed by atoms with Crippen molar-refractivity contribution < 1.29 is 4.42 Å². The lowest BCUT2D eigenvalue weighted by Crippen LogP contribution is -2.16. The largest absolute Gasteiger partial charge is 0.460 e. The van der Waals surface area contributed by atoms with Crippen LogP contribution in [0.5, 0.6) is 0 Å². The quantitative estimate of drug-likeness (QED) is 0.747. The SMILES string of the molecule is Cc1ccc(C(C)NCc2cc3ccccc3o2)s1. The van der Waals surface area contributed by atoms with E-state index in [1.807, 2.05) is 29.5 Å². The third kappa shape index (κ3) is 2.72. The van der Waals surface area contributed by atoms with Gasteiger partial charge in [0.15, 0.2) is 0 Å². The second kappa shape index (κ2) is 5.19. The standard InChI is InChI=1S/C16H17NOS/c1-11-7-8-16(19-11)12(2)17-10-14-9-13-5-3-4-6-15(13)18-14/h3-9,12,17H,10H2,1-2H3. The maximum atomic E-state index is 5.80. The number of nitrogens with one attached hydrogen (secondary N) is 1. The normalized spacial score (nSPS) is 12.9.